The molecule has 1 fully saturated rings. The summed E-state index contributed by atoms with van der Waals surface area (Å²) in [5.41, 5.74) is 0.521. The summed E-state index contributed by atoms with van der Waals surface area (Å²) in [5.74, 6) is -2.19. The monoisotopic (exact) mass is 473 g/mol. The summed E-state index contributed by atoms with van der Waals surface area (Å²) in [4.78, 5) is 52.1. The highest BCUT2D eigenvalue weighted by atomic mass is 16.5. The van der Waals surface area contributed by atoms with Gasteiger partial charge >= 0.3 is 5.97 Å². The van der Waals surface area contributed by atoms with Crippen LogP contribution in [0.1, 0.15) is 75.7 Å². The lowest BCUT2D eigenvalue weighted by Crippen LogP contribution is -2.52. The number of esters is 1. The molecule has 1 aliphatic heterocycles. The van der Waals surface area contributed by atoms with Gasteiger partial charge in [-0.05, 0) is 49.9 Å². The number of carbonyl (C=O) groups excluding carboxylic acids is 4. The number of nitriles is 1. The van der Waals surface area contributed by atoms with Crippen LogP contribution >= 0.6 is 0 Å². The Bertz CT molecular complexity index is 1200. The highest BCUT2D eigenvalue weighted by Gasteiger charge is 2.37. The summed E-state index contributed by atoms with van der Waals surface area (Å²) in [7, 11) is 0. The minimum atomic E-state index is -1.12. The van der Waals surface area contributed by atoms with Gasteiger partial charge in [0.1, 0.15) is 5.54 Å². The van der Waals surface area contributed by atoms with Crippen molar-refractivity contribution in [1.82, 2.24) is 10.2 Å². The van der Waals surface area contributed by atoms with Crippen LogP contribution in [0, 0.1) is 11.3 Å². The van der Waals surface area contributed by atoms with E-state index < -0.39 is 35.3 Å². The number of imide groups is 1. The molecule has 0 unspecified atom stereocenters. The normalized spacial score (nSPS) is 17.3. The molecule has 1 saturated carbocycles. The summed E-state index contributed by atoms with van der Waals surface area (Å²) in [6.45, 7) is 1.67. The van der Waals surface area contributed by atoms with Crippen LogP contribution in [0.25, 0.3) is 0 Å². The van der Waals surface area contributed by atoms with E-state index >= 15 is 0 Å². The lowest BCUT2D eigenvalue weighted by Gasteiger charge is -2.32. The number of ether oxygens (including phenoxy) is 1. The number of hydrogen-bond donors (Lipinski definition) is 1. The van der Waals surface area contributed by atoms with Gasteiger partial charge in [-0.2, -0.15) is 5.26 Å². The van der Waals surface area contributed by atoms with E-state index in [-0.39, 0.29) is 23.2 Å². The highest BCUT2D eigenvalue weighted by Crippen LogP contribution is 2.28. The molecule has 0 radical (unpaired) electrons. The van der Waals surface area contributed by atoms with Gasteiger partial charge in [-0.3, -0.25) is 19.3 Å². The molecule has 2 aromatic rings. The molecular formula is C27H27N3O5. The number of benzene rings is 2. The van der Waals surface area contributed by atoms with E-state index in [1.54, 1.807) is 0 Å². The topological polar surface area (TPSA) is 117 Å². The first-order valence-electron chi connectivity index (χ1n) is 11.8. The molecule has 3 amide bonds. The predicted octanol–water partition coefficient (Wildman–Crippen LogP) is 3.41. The Kier molecular flexibility index (Phi) is 6.97. The maximum absolute atomic E-state index is 12.9. The molecule has 0 saturated heterocycles. The number of fused-ring (bicyclic) bond motifs is 1. The lowest BCUT2D eigenvalue weighted by atomic mass is 9.83. The number of carbonyl (C=O) groups is 4. The van der Waals surface area contributed by atoms with Crippen molar-refractivity contribution in [2.24, 2.45) is 0 Å². The molecule has 0 aromatic heterocycles. The zero-order valence-electron chi connectivity index (χ0n) is 19.6. The molecule has 0 spiro atoms. The second-order valence-electron chi connectivity index (χ2n) is 9.05. The zero-order chi connectivity index (χ0) is 25.0. The Morgan fingerprint density at radius 3 is 2.43 bits per heavy atom. The first-order chi connectivity index (χ1) is 16.8. The van der Waals surface area contributed by atoms with Gasteiger partial charge in [0.05, 0.1) is 22.8 Å². The average Bonchev–Trinajstić information content (AvgIpc) is 3.12. The maximum Gasteiger partial charge on any atom is 0.338 e. The highest BCUT2D eigenvalue weighted by molar-refractivity contribution is 6.22. The predicted molar refractivity (Wildman–Crippen MR) is 126 cm³/mol. The Labute approximate surface area is 203 Å². The summed E-state index contributed by atoms with van der Waals surface area (Å²) in [5, 5.41) is 12.3. The molecule has 35 heavy (non-hydrogen) atoms. The van der Waals surface area contributed by atoms with E-state index in [9.17, 15) is 24.4 Å². The molecule has 2 aliphatic rings. The van der Waals surface area contributed by atoms with Crippen LogP contribution in [0.3, 0.4) is 0 Å². The molecule has 4 rings (SSSR count). The van der Waals surface area contributed by atoms with Crippen LogP contribution in [-0.4, -0.2) is 46.8 Å². The van der Waals surface area contributed by atoms with Crippen molar-refractivity contribution in [3.05, 3.63) is 70.8 Å². The van der Waals surface area contributed by atoms with Crippen molar-refractivity contribution in [3.63, 3.8) is 0 Å². The van der Waals surface area contributed by atoms with Gasteiger partial charge in [0, 0.05) is 6.54 Å². The van der Waals surface area contributed by atoms with Gasteiger partial charge in [-0.1, -0.05) is 49.6 Å². The second-order valence-corrected chi connectivity index (χ2v) is 9.05. The molecular weight excluding hydrogens is 446 g/mol. The molecule has 180 valence electrons. The van der Waals surface area contributed by atoms with E-state index in [4.69, 9.17) is 4.74 Å². The number of amides is 3. The number of rotatable bonds is 7. The SMILES string of the molecule is C[C@H](OC(=O)c1ccc2c(c1)C(=O)N(CCc1ccccc1)C2=O)C(=O)NC1(C#N)CCCCC1. The average molecular weight is 474 g/mol. The second kappa shape index (κ2) is 10.1. The van der Waals surface area contributed by atoms with E-state index in [2.05, 4.69) is 11.4 Å². The molecule has 8 nitrogen and oxygen atoms in total. The van der Waals surface area contributed by atoms with Gasteiger partial charge in [0.25, 0.3) is 17.7 Å². The summed E-state index contributed by atoms with van der Waals surface area (Å²) < 4.78 is 5.31. The molecule has 0 bridgehead atoms. The molecule has 2 aromatic carbocycles. The maximum atomic E-state index is 12.9. The fraction of sp³-hybridized carbons (Fsp3) is 0.370. The Morgan fingerprint density at radius 2 is 1.74 bits per heavy atom. The summed E-state index contributed by atoms with van der Waals surface area (Å²) >= 11 is 0. The van der Waals surface area contributed by atoms with Crippen molar-refractivity contribution >= 4 is 23.7 Å². The van der Waals surface area contributed by atoms with Gasteiger partial charge in [-0.15, -0.1) is 0 Å². The molecule has 1 heterocycles. The third kappa shape index (κ3) is 5.09. The van der Waals surface area contributed by atoms with E-state index in [0.29, 0.717) is 19.3 Å². The Morgan fingerprint density at radius 1 is 1.06 bits per heavy atom. The quantitative estimate of drug-likeness (QED) is 0.487. The third-order valence-corrected chi connectivity index (χ3v) is 6.61. The standard InChI is InChI=1S/C27H27N3O5/c1-18(23(31)29-27(17-28)13-6-3-7-14-27)35-26(34)20-10-11-21-22(16-20)25(33)30(24(21)32)15-12-19-8-4-2-5-9-19/h2,4-5,8-11,16,18H,3,6-7,12-15H2,1H3,(H,29,31)/t18-/m0/s1. The summed E-state index contributed by atoms with van der Waals surface area (Å²) in [6.07, 6.45) is 3.27. The largest absolute Gasteiger partial charge is 0.449 e. The van der Waals surface area contributed by atoms with Crippen LogP contribution in [0.2, 0.25) is 0 Å². The Hall–Kier alpha value is -3.99. The number of nitrogens with zero attached hydrogens (tertiary/aromatic N) is 2. The van der Waals surface area contributed by atoms with Crippen LogP contribution in [0.4, 0.5) is 0 Å². The van der Waals surface area contributed by atoms with Crippen molar-refractivity contribution in [2.75, 3.05) is 6.54 Å². The van der Waals surface area contributed by atoms with Crippen molar-refractivity contribution in [2.45, 2.75) is 57.1 Å². The van der Waals surface area contributed by atoms with E-state index in [1.807, 2.05) is 30.3 Å². The van der Waals surface area contributed by atoms with E-state index in [1.165, 1.54) is 30.0 Å². The van der Waals surface area contributed by atoms with E-state index in [0.717, 1.165) is 24.8 Å². The minimum Gasteiger partial charge on any atom is -0.449 e. The lowest BCUT2D eigenvalue weighted by molar-refractivity contribution is -0.130. The smallest absolute Gasteiger partial charge is 0.338 e. The summed E-state index contributed by atoms with van der Waals surface area (Å²) in [6, 6.07) is 15.9. The molecule has 1 aliphatic carbocycles. The fourth-order valence-electron chi connectivity index (χ4n) is 4.55. The van der Waals surface area contributed by atoms with Crippen LogP contribution < -0.4 is 5.32 Å². The van der Waals surface area contributed by atoms with Gasteiger partial charge < -0.3 is 10.1 Å². The fourth-order valence-corrected chi connectivity index (χ4v) is 4.55. The number of hydrogen-bond acceptors (Lipinski definition) is 6. The van der Waals surface area contributed by atoms with Crippen molar-refractivity contribution in [3.8, 4) is 6.07 Å². The van der Waals surface area contributed by atoms with Gasteiger partial charge in [0.2, 0.25) is 0 Å². The molecule has 1 N–H and O–H groups in total. The van der Waals surface area contributed by atoms with Gasteiger partial charge in [-0.25, -0.2) is 4.79 Å². The third-order valence-electron chi connectivity index (χ3n) is 6.61. The Balaban J connectivity index is 1.40. The first kappa shape index (κ1) is 24.1. The van der Waals surface area contributed by atoms with Crippen LogP contribution in [0.5, 0.6) is 0 Å². The minimum absolute atomic E-state index is 0.0714. The molecule has 8 heteroatoms. The zero-order valence-corrected chi connectivity index (χ0v) is 19.6. The first-order valence-corrected chi connectivity index (χ1v) is 11.8. The van der Waals surface area contributed by atoms with Crippen molar-refractivity contribution < 1.29 is 23.9 Å². The van der Waals surface area contributed by atoms with Crippen LogP contribution in [0.15, 0.2) is 48.5 Å². The van der Waals surface area contributed by atoms with Crippen LogP contribution in [-0.2, 0) is 16.0 Å². The van der Waals surface area contributed by atoms with Crippen molar-refractivity contribution in [1.29, 1.82) is 5.26 Å². The number of nitrogens with one attached hydrogen (secondary N) is 1. The van der Waals surface area contributed by atoms with Gasteiger partial charge in [0.15, 0.2) is 6.10 Å². The molecule has 1 atom stereocenters.